The van der Waals surface area contributed by atoms with Crippen LogP contribution in [-0.4, -0.2) is 9.13 Å². The lowest BCUT2D eigenvalue weighted by Gasteiger charge is -2.16. The van der Waals surface area contributed by atoms with Gasteiger partial charge in [0.1, 0.15) is 0 Å². The fourth-order valence-corrected chi connectivity index (χ4v) is 3.22. The molecule has 0 radical (unpaired) electrons. The summed E-state index contributed by atoms with van der Waals surface area (Å²) in [5.74, 6) is 0. The van der Waals surface area contributed by atoms with Crippen LogP contribution in [0, 0.1) is 4.77 Å². The summed E-state index contributed by atoms with van der Waals surface area (Å²) >= 11 is 5.70. The average molecular weight is 308 g/mol. The van der Waals surface area contributed by atoms with E-state index in [2.05, 4.69) is 83.9 Å². The van der Waals surface area contributed by atoms with Gasteiger partial charge in [0.05, 0.1) is 12.1 Å². The summed E-state index contributed by atoms with van der Waals surface area (Å²) in [6.07, 6.45) is 4.17. The zero-order chi connectivity index (χ0) is 15.5. The summed E-state index contributed by atoms with van der Waals surface area (Å²) < 4.78 is 5.17. The predicted molar refractivity (Wildman–Crippen MR) is 93.8 cm³/mol. The molecule has 0 bridgehead atoms. The Morgan fingerprint density at radius 1 is 0.682 bits per heavy atom. The van der Waals surface area contributed by atoms with E-state index in [4.69, 9.17) is 12.2 Å². The Labute approximate surface area is 136 Å². The summed E-state index contributed by atoms with van der Waals surface area (Å²) in [6.45, 7) is 4.37. The van der Waals surface area contributed by atoms with Crippen molar-refractivity contribution in [1.82, 2.24) is 9.13 Å². The van der Waals surface area contributed by atoms with E-state index >= 15 is 0 Å². The third-order valence-corrected chi connectivity index (χ3v) is 4.65. The van der Waals surface area contributed by atoms with Crippen molar-refractivity contribution in [2.45, 2.75) is 25.9 Å². The maximum atomic E-state index is 5.70. The van der Waals surface area contributed by atoms with Gasteiger partial charge in [-0.05, 0) is 37.2 Å². The number of nitrogens with zero attached hydrogens (tertiary/aromatic N) is 2. The number of benzene rings is 2. The maximum Gasteiger partial charge on any atom is 0.180 e. The summed E-state index contributed by atoms with van der Waals surface area (Å²) in [7, 11) is 0. The van der Waals surface area contributed by atoms with E-state index in [0.29, 0.717) is 0 Å². The third-order valence-electron chi connectivity index (χ3n) is 4.23. The fourth-order valence-electron chi connectivity index (χ4n) is 2.78. The van der Waals surface area contributed by atoms with E-state index in [1.165, 1.54) is 11.1 Å². The van der Waals surface area contributed by atoms with Crippen LogP contribution in [0.1, 0.15) is 37.1 Å². The van der Waals surface area contributed by atoms with Crippen LogP contribution < -0.4 is 0 Å². The summed E-state index contributed by atoms with van der Waals surface area (Å²) in [4.78, 5) is 0. The molecule has 1 heterocycles. The zero-order valence-corrected chi connectivity index (χ0v) is 13.7. The van der Waals surface area contributed by atoms with Crippen LogP contribution in [0.3, 0.4) is 0 Å². The first kappa shape index (κ1) is 14.8. The van der Waals surface area contributed by atoms with E-state index in [1.54, 1.807) is 0 Å². The molecule has 1 aromatic heterocycles. The molecule has 112 valence electrons. The van der Waals surface area contributed by atoms with Gasteiger partial charge in [0, 0.05) is 12.4 Å². The zero-order valence-electron chi connectivity index (χ0n) is 12.9. The van der Waals surface area contributed by atoms with Gasteiger partial charge in [-0.25, -0.2) is 0 Å². The van der Waals surface area contributed by atoms with Crippen molar-refractivity contribution in [2.24, 2.45) is 0 Å². The summed E-state index contributed by atoms with van der Waals surface area (Å²) in [5.41, 5.74) is 2.53. The highest BCUT2D eigenvalue weighted by Crippen LogP contribution is 2.23. The van der Waals surface area contributed by atoms with Gasteiger partial charge in [-0.3, -0.25) is 0 Å². The molecule has 0 aliphatic rings. The van der Waals surface area contributed by atoms with Crippen LogP contribution >= 0.6 is 12.2 Å². The SMILES string of the molecule is CC(c1ccccc1)n1ccn([C@@H](C)c2ccccc2)c1=S. The molecule has 0 N–H and O–H groups in total. The number of aromatic nitrogens is 2. The highest BCUT2D eigenvalue weighted by molar-refractivity contribution is 7.71. The molecule has 3 aromatic rings. The molecule has 2 atom stereocenters. The molecule has 0 aliphatic heterocycles. The fraction of sp³-hybridized carbons (Fsp3) is 0.211. The maximum absolute atomic E-state index is 5.70. The van der Waals surface area contributed by atoms with Gasteiger partial charge in [0.15, 0.2) is 4.77 Å². The lowest BCUT2D eigenvalue weighted by atomic mass is 10.1. The largest absolute Gasteiger partial charge is 0.317 e. The summed E-state index contributed by atoms with van der Waals surface area (Å²) in [6, 6.07) is 21.4. The Bertz CT molecular complexity index is 721. The van der Waals surface area contributed by atoms with Crippen LogP contribution in [-0.2, 0) is 0 Å². The van der Waals surface area contributed by atoms with Crippen LogP contribution in [0.2, 0.25) is 0 Å². The van der Waals surface area contributed by atoms with E-state index < -0.39 is 0 Å². The molecule has 0 saturated heterocycles. The van der Waals surface area contributed by atoms with Gasteiger partial charge in [-0.1, -0.05) is 60.7 Å². The van der Waals surface area contributed by atoms with Gasteiger partial charge in [0.2, 0.25) is 0 Å². The molecule has 22 heavy (non-hydrogen) atoms. The molecule has 3 rings (SSSR count). The lowest BCUT2D eigenvalue weighted by molar-refractivity contribution is 0.574. The monoisotopic (exact) mass is 308 g/mol. The second kappa shape index (κ2) is 6.32. The van der Waals surface area contributed by atoms with E-state index in [-0.39, 0.29) is 12.1 Å². The molecule has 0 fully saturated rings. The molecule has 2 nitrogen and oxygen atoms in total. The minimum Gasteiger partial charge on any atom is -0.317 e. The summed E-state index contributed by atoms with van der Waals surface area (Å²) in [5, 5.41) is 0. The van der Waals surface area contributed by atoms with Gasteiger partial charge in [0.25, 0.3) is 0 Å². The minimum atomic E-state index is 0.234. The molecule has 0 amide bonds. The van der Waals surface area contributed by atoms with Crippen molar-refractivity contribution in [3.63, 3.8) is 0 Å². The number of rotatable bonds is 4. The highest BCUT2D eigenvalue weighted by Gasteiger charge is 2.13. The van der Waals surface area contributed by atoms with E-state index in [1.807, 2.05) is 12.1 Å². The second-order valence-electron chi connectivity index (χ2n) is 5.57. The normalized spacial score (nSPS) is 13.7. The number of hydrogen-bond donors (Lipinski definition) is 0. The first-order valence-corrected chi connectivity index (χ1v) is 7.98. The quantitative estimate of drug-likeness (QED) is 0.599. The van der Waals surface area contributed by atoms with Crippen molar-refractivity contribution >= 4 is 12.2 Å². The van der Waals surface area contributed by atoms with Crippen LogP contribution in [0.4, 0.5) is 0 Å². The molecule has 0 aliphatic carbocycles. The number of hydrogen-bond acceptors (Lipinski definition) is 1. The van der Waals surface area contributed by atoms with Crippen LogP contribution in [0.25, 0.3) is 0 Å². The van der Waals surface area contributed by atoms with Crippen LogP contribution in [0.15, 0.2) is 73.1 Å². The highest BCUT2D eigenvalue weighted by atomic mass is 32.1. The van der Waals surface area contributed by atoms with Crippen molar-refractivity contribution in [1.29, 1.82) is 0 Å². The van der Waals surface area contributed by atoms with Crippen molar-refractivity contribution in [2.75, 3.05) is 0 Å². The first-order chi connectivity index (χ1) is 10.7. The standard InChI is InChI=1S/C19H20N2S/c1-15(17-9-5-3-6-10-17)20-13-14-21(19(20)22)16(2)18-11-7-4-8-12-18/h3-16H,1-2H3/t15-,16?/m0/s1. The third kappa shape index (κ3) is 2.77. The number of imidazole rings is 1. The average Bonchev–Trinajstić information content (AvgIpc) is 2.96. The molecule has 0 spiro atoms. The first-order valence-electron chi connectivity index (χ1n) is 7.57. The Morgan fingerprint density at radius 3 is 1.41 bits per heavy atom. The molecule has 2 aromatic carbocycles. The Hall–Kier alpha value is -2.13. The molecule has 0 saturated carbocycles. The van der Waals surface area contributed by atoms with Crippen molar-refractivity contribution < 1.29 is 0 Å². The molecular formula is C19H20N2S. The minimum absolute atomic E-state index is 0.234. The predicted octanol–water partition coefficient (Wildman–Crippen LogP) is 5.24. The van der Waals surface area contributed by atoms with Crippen LogP contribution in [0.5, 0.6) is 0 Å². The van der Waals surface area contributed by atoms with Gasteiger partial charge in [-0.2, -0.15) is 0 Å². The Balaban J connectivity index is 1.94. The van der Waals surface area contributed by atoms with E-state index in [9.17, 15) is 0 Å². The molecule has 3 heteroatoms. The van der Waals surface area contributed by atoms with Gasteiger partial charge >= 0.3 is 0 Å². The smallest absolute Gasteiger partial charge is 0.180 e. The lowest BCUT2D eigenvalue weighted by Crippen LogP contribution is -2.10. The van der Waals surface area contributed by atoms with Gasteiger partial charge in [-0.15, -0.1) is 0 Å². The second-order valence-corrected chi connectivity index (χ2v) is 5.93. The molecular weight excluding hydrogens is 288 g/mol. The van der Waals surface area contributed by atoms with Gasteiger partial charge < -0.3 is 9.13 Å². The van der Waals surface area contributed by atoms with Crippen molar-refractivity contribution in [3.05, 3.63) is 89.0 Å². The molecule has 1 unspecified atom stereocenters. The van der Waals surface area contributed by atoms with E-state index in [0.717, 1.165) is 4.77 Å². The van der Waals surface area contributed by atoms with Crippen molar-refractivity contribution in [3.8, 4) is 0 Å². The topological polar surface area (TPSA) is 9.86 Å². The Morgan fingerprint density at radius 2 is 1.05 bits per heavy atom. The Kier molecular flexibility index (Phi) is 4.25.